The molecule has 1 atom stereocenters. The topological polar surface area (TPSA) is 57.5 Å². The maximum Gasteiger partial charge on any atom is 0.306 e. The van der Waals surface area contributed by atoms with Crippen LogP contribution in [0, 0.1) is 0 Å². The minimum atomic E-state index is -3.26. The van der Waals surface area contributed by atoms with E-state index in [2.05, 4.69) is 0 Å². The van der Waals surface area contributed by atoms with Gasteiger partial charge in [0.25, 0.3) is 0 Å². The highest BCUT2D eigenvalue weighted by molar-refractivity contribution is 5.67. The van der Waals surface area contributed by atoms with Crippen molar-refractivity contribution in [3.8, 4) is 0 Å². The molecular formula is C7H16NO3+. The molecule has 0 fully saturated rings. The Morgan fingerprint density at radius 3 is 2.82 bits per heavy atom. The number of hydrogen-bond donors (Lipinski definition) is 2. The Morgan fingerprint density at radius 2 is 2.45 bits per heavy atom. The van der Waals surface area contributed by atoms with E-state index >= 15 is 0 Å². The van der Waals surface area contributed by atoms with Gasteiger partial charge in [0, 0.05) is 2.74 Å². The monoisotopic (exact) mass is 168 g/mol. The smallest absolute Gasteiger partial charge is 0.306 e. The molecule has 0 spiro atoms. The van der Waals surface area contributed by atoms with Crippen LogP contribution in [0.2, 0.25) is 0 Å². The molecule has 0 saturated carbocycles. The van der Waals surface area contributed by atoms with Crippen LogP contribution < -0.4 is 0 Å². The van der Waals surface area contributed by atoms with Crippen LogP contribution in [0.4, 0.5) is 0 Å². The molecule has 0 unspecified atom stereocenters. The molecule has 0 aliphatic rings. The predicted octanol–water partition coefficient (Wildman–Crippen LogP) is -0.472. The van der Waals surface area contributed by atoms with Crippen LogP contribution in [0.5, 0.6) is 0 Å². The lowest BCUT2D eigenvalue weighted by molar-refractivity contribution is -0.873. The minimum Gasteiger partial charge on any atom is -0.481 e. The predicted molar refractivity (Wildman–Crippen MR) is 41.2 cm³/mol. The van der Waals surface area contributed by atoms with Crippen LogP contribution in [0.1, 0.15) is 14.6 Å². The third-order valence-corrected chi connectivity index (χ3v) is 0.796. The molecule has 4 heteroatoms. The third kappa shape index (κ3) is 7.29. The molecule has 66 valence electrons. The molecule has 0 aliphatic heterocycles. The first-order chi connectivity index (χ1) is 7.15. The number of hydrogen-bond acceptors (Lipinski definition) is 2. The first-order valence-electron chi connectivity index (χ1n) is 5.94. The summed E-state index contributed by atoms with van der Waals surface area (Å²) in [7, 11) is 2.31. The molecule has 2 N–H and O–H groups in total. The second-order valence-electron chi connectivity index (χ2n) is 2.72. The normalized spacial score (nSPS) is 27.9. The molecule has 11 heavy (non-hydrogen) atoms. The number of rotatable bonds is 4. The lowest BCUT2D eigenvalue weighted by Gasteiger charge is -2.25. The Kier molecular flexibility index (Phi) is 1.30. The average Bonchev–Trinajstić information content (AvgIpc) is 1.98. The summed E-state index contributed by atoms with van der Waals surface area (Å²) in [6.45, 7) is -3.48. The summed E-state index contributed by atoms with van der Waals surface area (Å²) in [5, 5.41) is 18.1. The van der Waals surface area contributed by atoms with Gasteiger partial charge in [0.15, 0.2) is 0 Å². The van der Waals surface area contributed by atoms with Crippen molar-refractivity contribution in [3.63, 3.8) is 0 Å². The van der Waals surface area contributed by atoms with E-state index in [9.17, 15) is 9.90 Å². The van der Waals surface area contributed by atoms with Gasteiger partial charge in [-0.3, -0.25) is 4.79 Å². The minimum absolute atomic E-state index is 0.875. The number of likely N-dealkylation sites (N-methyl/N-ethyl adjacent to an activating group) is 1. The van der Waals surface area contributed by atoms with Gasteiger partial charge in [0.2, 0.25) is 0 Å². The highest BCUT2D eigenvalue weighted by Gasteiger charge is 2.17. The quantitative estimate of drug-likeness (QED) is 0.558. The van der Waals surface area contributed by atoms with Crippen molar-refractivity contribution in [3.05, 3.63) is 0 Å². The number of carbonyl (C=O) groups is 1. The molecule has 0 amide bonds. The zero-order valence-corrected chi connectivity index (χ0v) is 6.46. The van der Waals surface area contributed by atoms with E-state index in [4.69, 9.17) is 13.3 Å². The molecule has 0 bridgehead atoms. The van der Waals surface area contributed by atoms with Gasteiger partial charge in [-0.25, -0.2) is 0 Å². The average molecular weight is 168 g/mol. The van der Waals surface area contributed by atoms with Crippen molar-refractivity contribution >= 4 is 5.97 Å². The standard InChI is InChI=1S/C7H15NO3/c1-8(2,3)5-6(9)4-7(10)11/h6,9H,4-5H2,1-3H3/p+1/t6-/m0/s1/i1D3,4D2,6D. The van der Waals surface area contributed by atoms with Gasteiger partial charge < -0.3 is 14.7 Å². The Morgan fingerprint density at radius 1 is 1.91 bits per heavy atom. The lowest BCUT2D eigenvalue weighted by Crippen LogP contribution is -2.42. The van der Waals surface area contributed by atoms with Gasteiger partial charge in [-0.1, -0.05) is 0 Å². The van der Waals surface area contributed by atoms with E-state index in [1.54, 1.807) is 0 Å². The van der Waals surface area contributed by atoms with Crippen molar-refractivity contribution in [2.75, 3.05) is 27.6 Å². The van der Waals surface area contributed by atoms with Crippen LogP contribution in [-0.2, 0) is 4.79 Å². The van der Waals surface area contributed by atoms with Crippen LogP contribution in [0.25, 0.3) is 0 Å². The number of aliphatic hydroxyl groups is 1. The van der Waals surface area contributed by atoms with E-state index in [1.807, 2.05) is 0 Å². The van der Waals surface area contributed by atoms with Crippen molar-refractivity contribution in [2.24, 2.45) is 0 Å². The largest absolute Gasteiger partial charge is 0.481 e. The number of carboxylic acids is 1. The van der Waals surface area contributed by atoms with Gasteiger partial charge in [-0.15, -0.1) is 0 Å². The molecule has 0 rings (SSSR count). The Hall–Kier alpha value is -0.610. The van der Waals surface area contributed by atoms with Crippen molar-refractivity contribution < 1.29 is 27.7 Å². The van der Waals surface area contributed by atoms with Gasteiger partial charge in [0.05, 0.1) is 32.9 Å². The second-order valence-corrected chi connectivity index (χ2v) is 2.72. The van der Waals surface area contributed by atoms with Gasteiger partial charge in [0.1, 0.15) is 12.6 Å². The summed E-state index contributed by atoms with van der Waals surface area (Å²) in [6, 6.07) is 0. The molecule has 0 aromatic carbocycles. The van der Waals surface area contributed by atoms with Crippen molar-refractivity contribution in [1.29, 1.82) is 0 Å². The van der Waals surface area contributed by atoms with Crippen LogP contribution in [0.3, 0.4) is 0 Å². The molecular weight excluding hydrogens is 146 g/mol. The zero-order valence-electron chi connectivity index (χ0n) is 12.5. The van der Waals surface area contributed by atoms with Crippen LogP contribution in [0.15, 0.2) is 0 Å². The lowest BCUT2D eigenvalue weighted by atomic mass is 10.2. The van der Waals surface area contributed by atoms with Gasteiger partial charge in [-0.05, 0) is 0 Å². The van der Waals surface area contributed by atoms with E-state index in [0.29, 0.717) is 0 Å². The summed E-state index contributed by atoms with van der Waals surface area (Å²) in [4.78, 5) is 10.6. The number of carboxylic acid groups (broad SMARTS) is 1. The van der Waals surface area contributed by atoms with E-state index in [0.717, 1.165) is 14.1 Å². The molecule has 0 heterocycles. The highest BCUT2D eigenvalue weighted by Crippen LogP contribution is 1.98. The zero-order chi connectivity index (χ0) is 14.3. The van der Waals surface area contributed by atoms with Crippen LogP contribution >= 0.6 is 0 Å². The molecule has 0 aromatic rings. The Balaban J connectivity index is 5.20. The fourth-order valence-electron chi connectivity index (χ4n) is 0.537. The number of nitrogens with zero attached hydrogens (tertiary/aromatic N) is 1. The van der Waals surface area contributed by atoms with Gasteiger partial charge >= 0.3 is 5.97 Å². The van der Waals surface area contributed by atoms with E-state index in [1.165, 1.54) is 0 Å². The summed E-state index contributed by atoms with van der Waals surface area (Å²) in [5.41, 5.74) is 0. The Bertz CT molecular complexity index is 311. The number of aliphatic carboxylic acids is 1. The van der Waals surface area contributed by atoms with Crippen molar-refractivity contribution in [1.82, 2.24) is 0 Å². The van der Waals surface area contributed by atoms with E-state index in [-0.39, 0.29) is 0 Å². The van der Waals surface area contributed by atoms with Crippen LogP contribution in [-0.4, -0.2) is 54.4 Å². The van der Waals surface area contributed by atoms with Gasteiger partial charge in [-0.2, -0.15) is 0 Å². The number of quaternary nitrogens is 1. The maximum absolute atomic E-state index is 10.6. The molecule has 0 saturated heterocycles. The SMILES string of the molecule is [2H]C([2H])(C(=O)O)[C@]([2H])(O)C[N+](C)(C)C([2H])([2H])[2H]. The Labute approximate surface area is 75.1 Å². The summed E-state index contributed by atoms with van der Waals surface area (Å²) >= 11 is 0. The maximum atomic E-state index is 10.6. The summed E-state index contributed by atoms with van der Waals surface area (Å²) < 4.78 is 42.2. The highest BCUT2D eigenvalue weighted by atomic mass is 16.4. The third-order valence-electron chi connectivity index (χ3n) is 0.796. The fourth-order valence-corrected chi connectivity index (χ4v) is 0.537. The first-order valence-corrected chi connectivity index (χ1v) is 2.94. The fraction of sp³-hybridized carbons (Fsp3) is 0.857. The summed E-state index contributed by atoms with van der Waals surface area (Å²) in [5.74, 6) is -2.01. The second kappa shape index (κ2) is 3.69. The van der Waals surface area contributed by atoms with Crippen molar-refractivity contribution in [2.45, 2.75) is 12.5 Å². The first kappa shape index (κ1) is 3.87. The van der Waals surface area contributed by atoms with E-state index < -0.39 is 36.4 Å². The molecule has 0 radical (unpaired) electrons. The molecule has 4 nitrogen and oxygen atoms in total. The molecule has 0 aliphatic carbocycles. The molecule has 0 aromatic heterocycles. The summed E-state index contributed by atoms with van der Waals surface area (Å²) in [6.07, 6.45) is -6.30.